The monoisotopic (exact) mass is 310 g/mol. The Labute approximate surface area is 129 Å². The van der Waals surface area contributed by atoms with E-state index in [2.05, 4.69) is 17.1 Å². The predicted octanol–water partition coefficient (Wildman–Crippen LogP) is 2.66. The van der Waals surface area contributed by atoms with E-state index in [0.29, 0.717) is 23.2 Å². The van der Waals surface area contributed by atoms with E-state index in [4.69, 9.17) is 4.74 Å². The maximum absolute atomic E-state index is 12.2. The second-order valence-corrected chi connectivity index (χ2v) is 6.71. The number of piperidine rings is 1. The van der Waals surface area contributed by atoms with E-state index < -0.39 is 5.97 Å². The zero-order valence-corrected chi connectivity index (χ0v) is 13.6. The van der Waals surface area contributed by atoms with Gasteiger partial charge in [0.25, 0.3) is 0 Å². The number of carbonyl (C=O) groups is 2. The van der Waals surface area contributed by atoms with Crippen LogP contribution in [0.3, 0.4) is 0 Å². The third-order valence-corrected chi connectivity index (χ3v) is 4.77. The first-order valence-corrected chi connectivity index (χ1v) is 8.05. The highest BCUT2D eigenvalue weighted by Crippen LogP contribution is 2.28. The van der Waals surface area contributed by atoms with Crippen molar-refractivity contribution in [2.24, 2.45) is 0 Å². The number of thiophene rings is 1. The molecule has 5 nitrogen and oxygen atoms in total. The minimum absolute atomic E-state index is 0.0734. The van der Waals surface area contributed by atoms with Crippen LogP contribution in [0.1, 0.15) is 41.4 Å². The van der Waals surface area contributed by atoms with Gasteiger partial charge in [0.1, 0.15) is 5.00 Å². The molecule has 0 saturated carbocycles. The summed E-state index contributed by atoms with van der Waals surface area (Å²) < 4.78 is 4.74. The van der Waals surface area contributed by atoms with Gasteiger partial charge in [-0.05, 0) is 39.3 Å². The number of hydrogen-bond acceptors (Lipinski definition) is 5. The maximum Gasteiger partial charge on any atom is 0.340 e. The van der Waals surface area contributed by atoms with Crippen LogP contribution in [0.2, 0.25) is 0 Å². The number of anilines is 1. The van der Waals surface area contributed by atoms with Crippen LogP contribution in [0.25, 0.3) is 0 Å². The lowest BCUT2D eigenvalue weighted by atomic mass is 10.0. The first-order chi connectivity index (χ1) is 10.0. The number of esters is 1. The topological polar surface area (TPSA) is 58.6 Å². The Kier molecular flexibility index (Phi) is 5.36. The van der Waals surface area contributed by atoms with Gasteiger partial charge in [-0.25, -0.2) is 4.79 Å². The summed E-state index contributed by atoms with van der Waals surface area (Å²) in [5.74, 6) is -0.489. The van der Waals surface area contributed by atoms with Crippen molar-refractivity contribution in [3.8, 4) is 0 Å². The van der Waals surface area contributed by atoms with Crippen molar-refractivity contribution >= 4 is 28.2 Å². The molecule has 1 fully saturated rings. The fraction of sp³-hybridized carbons (Fsp3) is 0.600. The third kappa shape index (κ3) is 4.04. The molecule has 1 aromatic rings. The molecule has 21 heavy (non-hydrogen) atoms. The van der Waals surface area contributed by atoms with Crippen molar-refractivity contribution in [3.05, 3.63) is 16.5 Å². The van der Waals surface area contributed by atoms with E-state index >= 15 is 0 Å². The van der Waals surface area contributed by atoms with Gasteiger partial charge in [-0.2, -0.15) is 0 Å². The molecule has 0 bridgehead atoms. The standard InChI is InChI=1S/C15H22N2O3S/c1-10-6-4-5-7-17(10)9-13(18)16-14-12(15(19)20-3)8-11(2)21-14/h8,10H,4-7,9H2,1-3H3,(H,16,18). The van der Waals surface area contributed by atoms with E-state index in [1.807, 2.05) is 6.92 Å². The molecule has 2 rings (SSSR count). The summed E-state index contributed by atoms with van der Waals surface area (Å²) in [6.07, 6.45) is 3.51. The van der Waals surface area contributed by atoms with Gasteiger partial charge in [-0.1, -0.05) is 6.42 Å². The van der Waals surface area contributed by atoms with Crippen LogP contribution in [0.15, 0.2) is 6.07 Å². The van der Waals surface area contributed by atoms with Crippen molar-refractivity contribution < 1.29 is 14.3 Å². The third-order valence-electron chi connectivity index (χ3n) is 3.80. The normalized spacial score (nSPS) is 19.3. The van der Waals surface area contributed by atoms with Gasteiger partial charge in [0.05, 0.1) is 19.2 Å². The Hall–Kier alpha value is -1.40. The quantitative estimate of drug-likeness (QED) is 0.869. The maximum atomic E-state index is 12.2. The molecule has 0 radical (unpaired) electrons. The number of nitrogens with one attached hydrogen (secondary N) is 1. The Bertz CT molecular complexity index is 527. The summed E-state index contributed by atoms with van der Waals surface area (Å²) >= 11 is 1.40. The molecular weight excluding hydrogens is 288 g/mol. The van der Waals surface area contributed by atoms with Gasteiger partial charge >= 0.3 is 5.97 Å². The molecule has 2 heterocycles. The van der Waals surface area contributed by atoms with Gasteiger partial charge < -0.3 is 10.1 Å². The number of likely N-dealkylation sites (tertiary alicyclic amines) is 1. The van der Waals surface area contributed by atoms with Crippen LogP contribution in [-0.2, 0) is 9.53 Å². The molecule has 1 aromatic heterocycles. The molecule has 1 aliphatic rings. The largest absolute Gasteiger partial charge is 0.465 e. The van der Waals surface area contributed by atoms with E-state index in [0.717, 1.165) is 24.3 Å². The van der Waals surface area contributed by atoms with Crippen LogP contribution in [0.5, 0.6) is 0 Å². The average molecular weight is 310 g/mol. The Balaban J connectivity index is 2.01. The molecular formula is C15H22N2O3S. The Morgan fingerprint density at radius 1 is 1.48 bits per heavy atom. The van der Waals surface area contributed by atoms with Gasteiger partial charge in [0.15, 0.2) is 0 Å². The highest BCUT2D eigenvalue weighted by Gasteiger charge is 2.22. The molecule has 1 N–H and O–H groups in total. The Morgan fingerprint density at radius 3 is 2.90 bits per heavy atom. The lowest BCUT2D eigenvalue weighted by Crippen LogP contribution is -2.42. The summed E-state index contributed by atoms with van der Waals surface area (Å²) in [6, 6.07) is 2.19. The molecule has 1 unspecified atom stereocenters. The zero-order valence-electron chi connectivity index (χ0n) is 12.8. The molecule has 0 aromatic carbocycles. The first-order valence-electron chi connectivity index (χ1n) is 7.24. The van der Waals surface area contributed by atoms with Crippen molar-refractivity contribution in [1.29, 1.82) is 0 Å². The highest BCUT2D eigenvalue weighted by atomic mass is 32.1. The SMILES string of the molecule is COC(=O)c1cc(C)sc1NC(=O)CN1CCCCC1C. The summed E-state index contributed by atoms with van der Waals surface area (Å²) in [7, 11) is 1.34. The number of nitrogens with zero attached hydrogens (tertiary/aromatic N) is 1. The van der Waals surface area contributed by atoms with Crippen LogP contribution < -0.4 is 5.32 Å². The fourth-order valence-electron chi connectivity index (χ4n) is 2.61. The number of ether oxygens (including phenoxy) is 1. The summed E-state index contributed by atoms with van der Waals surface area (Å²) in [5, 5.41) is 3.43. The van der Waals surface area contributed by atoms with Crippen molar-refractivity contribution in [2.45, 2.75) is 39.2 Å². The molecule has 1 saturated heterocycles. The van der Waals surface area contributed by atoms with Crippen LogP contribution in [0.4, 0.5) is 5.00 Å². The second-order valence-electron chi connectivity index (χ2n) is 5.45. The predicted molar refractivity (Wildman–Crippen MR) is 83.9 cm³/mol. The number of aryl methyl sites for hydroxylation is 1. The molecule has 1 amide bonds. The number of carbonyl (C=O) groups excluding carboxylic acids is 2. The van der Waals surface area contributed by atoms with Crippen molar-refractivity contribution in [3.63, 3.8) is 0 Å². The van der Waals surface area contributed by atoms with E-state index in [9.17, 15) is 9.59 Å². The Morgan fingerprint density at radius 2 is 2.24 bits per heavy atom. The molecule has 1 atom stereocenters. The number of methoxy groups -OCH3 is 1. The minimum Gasteiger partial charge on any atom is -0.465 e. The lowest BCUT2D eigenvalue weighted by molar-refractivity contribution is -0.118. The number of hydrogen-bond donors (Lipinski definition) is 1. The van der Waals surface area contributed by atoms with Crippen molar-refractivity contribution in [1.82, 2.24) is 4.90 Å². The summed E-state index contributed by atoms with van der Waals surface area (Å²) in [5.41, 5.74) is 0.431. The smallest absolute Gasteiger partial charge is 0.340 e. The van der Waals surface area contributed by atoms with Gasteiger partial charge in [-0.15, -0.1) is 11.3 Å². The number of amides is 1. The molecule has 6 heteroatoms. The highest BCUT2D eigenvalue weighted by molar-refractivity contribution is 7.16. The van der Waals surface area contributed by atoms with Crippen LogP contribution in [-0.4, -0.2) is 43.0 Å². The molecule has 1 aliphatic heterocycles. The van der Waals surface area contributed by atoms with E-state index in [-0.39, 0.29) is 5.91 Å². The van der Waals surface area contributed by atoms with Crippen LogP contribution in [0, 0.1) is 6.92 Å². The van der Waals surface area contributed by atoms with Gasteiger partial charge in [0, 0.05) is 10.9 Å². The summed E-state index contributed by atoms with van der Waals surface area (Å²) in [4.78, 5) is 27.1. The summed E-state index contributed by atoms with van der Waals surface area (Å²) in [6.45, 7) is 5.39. The lowest BCUT2D eigenvalue weighted by Gasteiger charge is -2.32. The minimum atomic E-state index is -0.416. The van der Waals surface area contributed by atoms with Crippen molar-refractivity contribution in [2.75, 3.05) is 25.5 Å². The second kappa shape index (κ2) is 7.04. The van der Waals surface area contributed by atoms with E-state index in [1.54, 1.807) is 6.07 Å². The van der Waals surface area contributed by atoms with Gasteiger partial charge in [0.2, 0.25) is 5.91 Å². The number of rotatable bonds is 4. The molecule has 0 aliphatic carbocycles. The van der Waals surface area contributed by atoms with Gasteiger partial charge in [-0.3, -0.25) is 9.69 Å². The zero-order chi connectivity index (χ0) is 15.4. The molecule has 116 valence electrons. The molecule has 0 spiro atoms. The average Bonchev–Trinajstić information content (AvgIpc) is 2.81. The fourth-order valence-corrected chi connectivity index (χ4v) is 3.53. The van der Waals surface area contributed by atoms with Crippen LogP contribution >= 0.6 is 11.3 Å². The van der Waals surface area contributed by atoms with E-state index in [1.165, 1.54) is 24.9 Å². The first kappa shape index (κ1) is 16.0.